The zero-order valence-corrected chi connectivity index (χ0v) is 5.10. The number of hydrogen-bond acceptors (Lipinski definition) is 3. The second-order valence-corrected chi connectivity index (χ2v) is 1.66. The standard InChI is InChI=1S/C5H10NO2/c1-7-5(8-2)3-4-6-5/h3,6H,4H2,1-2H3. The maximum atomic E-state index is 4.93. The Labute approximate surface area is 49.0 Å². The van der Waals surface area contributed by atoms with E-state index >= 15 is 0 Å². The maximum absolute atomic E-state index is 4.93. The number of hydrogen-bond donors (Lipinski definition) is 1. The lowest BCUT2D eigenvalue weighted by Crippen LogP contribution is -2.60. The molecule has 3 heteroatoms. The van der Waals surface area contributed by atoms with Gasteiger partial charge >= 0.3 is 0 Å². The molecule has 1 radical (unpaired) electrons. The summed E-state index contributed by atoms with van der Waals surface area (Å²) in [5.74, 6) is -0.569. The third-order valence-corrected chi connectivity index (χ3v) is 1.33. The van der Waals surface area contributed by atoms with E-state index in [-0.39, 0.29) is 0 Å². The van der Waals surface area contributed by atoms with Gasteiger partial charge in [0.25, 0.3) is 0 Å². The van der Waals surface area contributed by atoms with Gasteiger partial charge in [-0.3, -0.25) is 5.32 Å². The molecule has 3 nitrogen and oxygen atoms in total. The SMILES string of the molecule is COC1(OC)[CH]CN1. The molecule has 0 aromatic heterocycles. The molecule has 0 unspecified atom stereocenters. The predicted octanol–water partition coefficient (Wildman–Crippen LogP) is -0.260. The van der Waals surface area contributed by atoms with E-state index in [2.05, 4.69) is 5.32 Å². The summed E-state index contributed by atoms with van der Waals surface area (Å²) in [5, 5.41) is 2.96. The van der Waals surface area contributed by atoms with Crippen molar-refractivity contribution in [2.24, 2.45) is 0 Å². The second-order valence-electron chi connectivity index (χ2n) is 1.66. The van der Waals surface area contributed by atoms with E-state index in [1.165, 1.54) is 0 Å². The molecule has 0 spiro atoms. The zero-order valence-electron chi connectivity index (χ0n) is 5.10. The van der Waals surface area contributed by atoms with Crippen LogP contribution in [-0.4, -0.2) is 26.7 Å². The van der Waals surface area contributed by atoms with E-state index in [1.807, 2.05) is 6.42 Å². The molecule has 8 heavy (non-hydrogen) atoms. The largest absolute Gasteiger partial charge is 0.340 e. The Balaban J connectivity index is 2.33. The van der Waals surface area contributed by atoms with Crippen LogP contribution in [0.1, 0.15) is 0 Å². The summed E-state index contributed by atoms with van der Waals surface area (Å²) in [4.78, 5) is 0. The average Bonchev–Trinajstić information content (AvgIpc) is 1.67. The summed E-state index contributed by atoms with van der Waals surface area (Å²) >= 11 is 0. The number of nitrogens with one attached hydrogen (secondary N) is 1. The Kier molecular flexibility index (Phi) is 1.51. The van der Waals surface area contributed by atoms with Crippen molar-refractivity contribution in [1.82, 2.24) is 5.32 Å². The van der Waals surface area contributed by atoms with Crippen LogP contribution in [0.3, 0.4) is 0 Å². The molecule has 47 valence electrons. The molecule has 1 aliphatic rings. The molecular formula is C5H10NO2. The molecule has 0 bridgehead atoms. The van der Waals surface area contributed by atoms with Crippen molar-refractivity contribution in [3.63, 3.8) is 0 Å². The van der Waals surface area contributed by atoms with Crippen LogP contribution in [0, 0.1) is 6.42 Å². The Hall–Kier alpha value is -0.120. The van der Waals surface area contributed by atoms with E-state index < -0.39 is 5.91 Å². The van der Waals surface area contributed by atoms with E-state index in [0.29, 0.717) is 0 Å². The van der Waals surface area contributed by atoms with E-state index in [9.17, 15) is 0 Å². The Bertz CT molecular complexity index is 67.0. The van der Waals surface area contributed by atoms with Gasteiger partial charge in [0, 0.05) is 20.8 Å². The highest BCUT2D eigenvalue weighted by atomic mass is 16.7. The molecular weight excluding hydrogens is 106 g/mol. The van der Waals surface area contributed by atoms with Gasteiger partial charge in [0.15, 0.2) is 0 Å². The van der Waals surface area contributed by atoms with E-state index in [4.69, 9.17) is 9.47 Å². The van der Waals surface area contributed by atoms with Crippen molar-refractivity contribution < 1.29 is 9.47 Å². The maximum Gasteiger partial charge on any atom is 0.231 e. The molecule has 0 aromatic rings. The normalized spacial score (nSPS) is 24.8. The van der Waals surface area contributed by atoms with Crippen molar-refractivity contribution >= 4 is 0 Å². The first-order chi connectivity index (χ1) is 3.83. The van der Waals surface area contributed by atoms with Gasteiger partial charge in [-0.25, -0.2) is 0 Å². The lowest BCUT2D eigenvalue weighted by atomic mass is 10.2. The van der Waals surface area contributed by atoms with Crippen molar-refractivity contribution in [2.75, 3.05) is 20.8 Å². The highest BCUT2D eigenvalue weighted by molar-refractivity contribution is 4.96. The topological polar surface area (TPSA) is 30.5 Å². The number of methoxy groups -OCH3 is 2. The molecule has 0 saturated carbocycles. The van der Waals surface area contributed by atoms with Gasteiger partial charge in [-0.15, -0.1) is 0 Å². The Morgan fingerprint density at radius 2 is 2.00 bits per heavy atom. The fraction of sp³-hybridized carbons (Fsp3) is 0.800. The van der Waals surface area contributed by atoms with E-state index in [1.54, 1.807) is 14.2 Å². The number of ether oxygens (including phenoxy) is 2. The smallest absolute Gasteiger partial charge is 0.231 e. The van der Waals surface area contributed by atoms with Gasteiger partial charge in [0.05, 0.1) is 6.42 Å². The number of rotatable bonds is 2. The fourth-order valence-corrected chi connectivity index (χ4v) is 0.663. The van der Waals surface area contributed by atoms with Crippen LogP contribution in [0.2, 0.25) is 0 Å². The van der Waals surface area contributed by atoms with Gasteiger partial charge < -0.3 is 9.47 Å². The van der Waals surface area contributed by atoms with Gasteiger partial charge in [0.2, 0.25) is 5.91 Å². The highest BCUT2D eigenvalue weighted by Gasteiger charge is 2.36. The first-order valence-electron chi connectivity index (χ1n) is 2.53. The summed E-state index contributed by atoms with van der Waals surface area (Å²) in [6, 6.07) is 0. The molecule has 1 fully saturated rings. The minimum absolute atomic E-state index is 0.569. The van der Waals surface area contributed by atoms with Crippen LogP contribution in [0.4, 0.5) is 0 Å². The summed E-state index contributed by atoms with van der Waals surface area (Å²) < 4.78 is 9.87. The van der Waals surface area contributed by atoms with Gasteiger partial charge in [0.1, 0.15) is 0 Å². The molecule has 1 rings (SSSR count). The van der Waals surface area contributed by atoms with Gasteiger partial charge in [-0.05, 0) is 0 Å². The van der Waals surface area contributed by atoms with Crippen LogP contribution in [0.25, 0.3) is 0 Å². The zero-order chi connectivity index (χ0) is 6.04. The quantitative estimate of drug-likeness (QED) is 0.504. The van der Waals surface area contributed by atoms with Crippen molar-refractivity contribution in [3.05, 3.63) is 6.42 Å². The predicted molar refractivity (Wildman–Crippen MR) is 29.1 cm³/mol. The lowest BCUT2D eigenvalue weighted by Gasteiger charge is -2.39. The summed E-state index contributed by atoms with van der Waals surface area (Å²) in [7, 11) is 3.21. The van der Waals surface area contributed by atoms with Crippen LogP contribution in [-0.2, 0) is 9.47 Å². The first-order valence-corrected chi connectivity index (χ1v) is 2.53. The third-order valence-electron chi connectivity index (χ3n) is 1.33. The molecule has 0 aliphatic carbocycles. The van der Waals surface area contributed by atoms with Crippen LogP contribution in [0.5, 0.6) is 0 Å². The van der Waals surface area contributed by atoms with Crippen molar-refractivity contribution in [1.29, 1.82) is 0 Å². The molecule has 1 aliphatic heterocycles. The molecule has 1 N–H and O–H groups in total. The summed E-state index contributed by atoms with van der Waals surface area (Å²) in [6.07, 6.45) is 1.92. The molecule has 0 atom stereocenters. The average molecular weight is 116 g/mol. The second kappa shape index (κ2) is 2.01. The Morgan fingerprint density at radius 3 is 2.00 bits per heavy atom. The van der Waals surface area contributed by atoms with Crippen molar-refractivity contribution in [2.45, 2.75) is 5.91 Å². The minimum Gasteiger partial charge on any atom is -0.340 e. The van der Waals surface area contributed by atoms with Crippen LogP contribution < -0.4 is 5.32 Å². The van der Waals surface area contributed by atoms with Crippen LogP contribution >= 0.6 is 0 Å². The van der Waals surface area contributed by atoms with Crippen LogP contribution in [0.15, 0.2) is 0 Å². The monoisotopic (exact) mass is 116 g/mol. The van der Waals surface area contributed by atoms with Crippen molar-refractivity contribution in [3.8, 4) is 0 Å². The molecule has 1 saturated heterocycles. The summed E-state index contributed by atoms with van der Waals surface area (Å²) in [5.41, 5.74) is 0. The molecule has 0 amide bonds. The molecule has 1 heterocycles. The first kappa shape index (κ1) is 6.01. The van der Waals surface area contributed by atoms with E-state index in [0.717, 1.165) is 6.54 Å². The third kappa shape index (κ3) is 0.727. The highest BCUT2D eigenvalue weighted by Crippen LogP contribution is 2.17. The Morgan fingerprint density at radius 1 is 1.50 bits per heavy atom. The van der Waals surface area contributed by atoms with Gasteiger partial charge in [-0.1, -0.05) is 0 Å². The minimum atomic E-state index is -0.569. The van der Waals surface area contributed by atoms with Gasteiger partial charge in [-0.2, -0.15) is 0 Å². The lowest BCUT2D eigenvalue weighted by molar-refractivity contribution is -0.229. The fourth-order valence-electron chi connectivity index (χ4n) is 0.663. The molecule has 0 aromatic carbocycles. The summed E-state index contributed by atoms with van der Waals surface area (Å²) in [6.45, 7) is 0.863.